The van der Waals surface area contributed by atoms with E-state index in [9.17, 15) is 0 Å². The molecule has 14 rings (SSSR count). The fraction of sp³-hybridized carbons (Fsp3) is 0.0571. The maximum absolute atomic E-state index is 6.74. The van der Waals surface area contributed by atoms with E-state index in [1.807, 2.05) is 0 Å². The summed E-state index contributed by atoms with van der Waals surface area (Å²) in [5, 5.41) is 5.02. The summed E-state index contributed by atoms with van der Waals surface area (Å²) in [6, 6.07) is 84.5. The first-order valence-electron chi connectivity index (χ1n) is 25.5. The van der Waals surface area contributed by atoms with Crippen LogP contribution >= 0.6 is 0 Å². The number of ether oxygens (including phenoxy) is 1. The number of anilines is 3. The van der Waals surface area contributed by atoms with Crippen LogP contribution in [0.4, 0.5) is 17.1 Å². The predicted molar refractivity (Wildman–Crippen MR) is 307 cm³/mol. The molecule has 346 valence electrons. The molecule has 0 N–H and O–H groups in total. The topological polar surface area (TPSA) is 17.4 Å². The van der Waals surface area contributed by atoms with Crippen LogP contribution in [0.5, 0.6) is 5.75 Å². The van der Waals surface area contributed by atoms with Gasteiger partial charge in [0, 0.05) is 44.5 Å². The Morgan fingerprint density at radius 3 is 1.86 bits per heavy atom. The van der Waals surface area contributed by atoms with Crippen molar-refractivity contribution in [3.05, 3.63) is 278 Å². The third-order valence-corrected chi connectivity index (χ3v) is 15.3. The number of fused-ring (bicyclic) bond motifs is 7. The molecule has 10 aromatic carbocycles. The highest BCUT2D eigenvalue weighted by atomic mass is 16.5. The Hall–Kier alpha value is -9.18. The summed E-state index contributed by atoms with van der Waals surface area (Å²) in [6.45, 7) is 0. The van der Waals surface area contributed by atoms with Crippen LogP contribution in [0.25, 0.3) is 88.2 Å². The van der Waals surface area contributed by atoms with Gasteiger partial charge in [0.15, 0.2) is 0 Å². The molecule has 0 radical (unpaired) electrons. The Kier molecular flexibility index (Phi) is 10.5. The average Bonchev–Trinajstić information content (AvgIpc) is 4.04. The lowest BCUT2D eigenvalue weighted by Gasteiger charge is -2.27. The van der Waals surface area contributed by atoms with Gasteiger partial charge in [0.1, 0.15) is 11.9 Å². The smallest absolute Gasteiger partial charge is 0.149 e. The fourth-order valence-corrected chi connectivity index (χ4v) is 11.7. The molecule has 2 atom stereocenters. The molecule has 0 bridgehead atoms. The Balaban J connectivity index is 0.818. The number of nitrogens with zero attached hydrogens (tertiary/aromatic N) is 2. The molecule has 0 spiro atoms. The summed E-state index contributed by atoms with van der Waals surface area (Å²) >= 11 is 0. The number of benzene rings is 10. The van der Waals surface area contributed by atoms with Gasteiger partial charge in [-0.25, -0.2) is 0 Å². The zero-order valence-corrected chi connectivity index (χ0v) is 40.3. The lowest BCUT2D eigenvalue weighted by molar-refractivity contribution is 0.232. The van der Waals surface area contributed by atoms with E-state index < -0.39 is 0 Å². The van der Waals surface area contributed by atoms with Crippen LogP contribution in [0.2, 0.25) is 0 Å². The zero-order valence-electron chi connectivity index (χ0n) is 40.3. The first-order chi connectivity index (χ1) is 36.2. The number of hydrogen-bond donors (Lipinski definition) is 0. The average molecular weight is 935 g/mol. The second kappa shape index (κ2) is 17.9. The van der Waals surface area contributed by atoms with E-state index >= 15 is 0 Å². The molecule has 3 nitrogen and oxygen atoms in total. The van der Waals surface area contributed by atoms with E-state index in [0.29, 0.717) is 0 Å². The summed E-state index contributed by atoms with van der Waals surface area (Å²) < 4.78 is 9.24. The van der Waals surface area contributed by atoms with Gasteiger partial charge in [-0.2, -0.15) is 0 Å². The lowest BCUT2D eigenvalue weighted by atomic mass is 9.93. The molecule has 2 aliphatic carbocycles. The monoisotopic (exact) mass is 934 g/mol. The summed E-state index contributed by atoms with van der Waals surface area (Å²) in [6.07, 6.45) is 15.4. The first kappa shape index (κ1) is 42.7. The van der Waals surface area contributed by atoms with Crippen molar-refractivity contribution in [3.8, 4) is 50.3 Å². The van der Waals surface area contributed by atoms with Crippen LogP contribution in [-0.4, -0.2) is 10.7 Å². The van der Waals surface area contributed by atoms with Crippen molar-refractivity contribution in [2.45, 2.75) is 25.0 Å². The summed E-state index contributed by atoms with van der Waals surface area (Å²) in [5.74, 6) is 0.953. The molecule has 2 heterocycles. The SMILES string of the molecule is C1=CCCC(c2ccc(N(c3ccc(-c4ccc(-c5cccc6ccccc56)cc4)cc3)c3cccc(-c4cccc(-c5cccc6c5c5ccccc5n6C5C=CC=C6c7ccccc7OC65)c4)c3)cc2)=C1. The molecular formula is C70H50N2O. The van der Waals surface area contributed by atoms with E-state index in [2.05, 4.69) is 276 Å². The van der Waals surface area contributed by atoms with Crippen molar-refractivity contribution in [2.75, 3.05) is 4.90 Å². The molecule has 2 unspecified atom stereocenters. The Morgan fingerprint density at radius 2 is 1.04 bits per heavy atom. The molecule has 0 saturated carbocycles. The van der Waals surface area contributed by atoms with Crippen LogP contribution in [-0.2, 0) is 0 Å². The summed E-state index contributed by atoms with van der Waals surface area (Å²) in [5.41, 5.74) is 20.3. The molecule has 3 aliphatic rings. The lowest BCUT2D eigenvalue weighted by Crippen LogP contribution is -2.27. The number of para-hydroxylation sites is 2. The van der Waals surface area contributed by atoms with Gasteiger partial charge in [-0.1, -0.05) is 206 Å². The number of aromatic nitrogens is 1. The van der Waals surface area contributed by atoms with Gasteiger partial charge in [0.05, 0.1) is 11.6 Å². The molecule has 1 aliphatic heterocycles. The van der Waals surface area contributed by atoms with Crippen molar-refractivity contribution in [2.24, 2.45) is 0 Å². The third kappa shape index (κ3) is 7.52. The fourth-order valence-electron chi connectivity index (χ4n) is 11.7. The minimum Gasteiger partial charge on any atom is -0.483 e. The Morgan fingerprint density at radius 1 is 0.425 bits per heavy atom. The molecule has 11 aromatic rings. The molecule has 1 aromatic heterocycles. The quantitative estimate of drug-likeness (QED) is 0.143. The highest BCUT2D eigenvalue weighted by Gasteiger charge is 2.37. The summed E-state index contributed by atoms with van der Waals surface area (Å²) in [4.78, 5) is 2.39. The van der Waals surface area contributed by atoms with Gasteiger partial charge < -0.3 is 14.2 Å². The maximum atomic E-state index is 6.74. The first-order valence-corrected chi connectivity index (χ1v) is 25.5. The van der Waals surface area contributed by atoms with Crippen molar-refractivity contribution in [1.29, 1.82) is 0 Å². The molecule has 0 fully saturated rings. The van der Waals surface area contributed by atoms with E-state index in [4.69, 9.17) is 4.74 Å². The van der Waals surface area contributed by atoms with Crippen molar-refractivity contribution in [3.63, 3.8) is 0 Å². The molecule has 3 heteroatoms. The van der Waals surface area contributed by atoms with Gasteiger partial charge in [0.25, 0.3) is 0 Å². The predicted octanol–water partition coefficient (Wildman–Crippen LogP) is 18.8. The van der Waals surface area contributed by atoms with Gasteiger partial charge in [-0.15, -0.1) is 0 Å². The summed E-state index contributed by atoms with van der Waals surface area (Å²) in [7, 11) is 0. The van der Waals surface area contributed by atoms with Gasteiger partial charge in [-0.05, 0) is 140 Å². The van der Waals surface area contributed by atoms with Gasteiger partial charge in [0.2, 0.25) is 0 Å². The third-order valence-electron chi connectivity index (χ3n) is 15.3. The largest absolute Gasteiger partial charge is 0.483 e. The Labute approximate surface area is 426 Å². The standard InChI is InChI=1S/C70H50N2O/c1-2-15-47(16-3-1)49-37-41-56(42-38-49)71(57-43-39-50(40-44-57)48-33-35-52(36-34-48)60-26-12-18-51-17-4-5-23-59(51)60)58-22-11-20-54(46-58)53-19-10-21-55(45-53)61-27-13-30-66-69(61)64-25-6-8-29-65(64)72(66)67-31-14-28-63-62-24-7-9-32-68(62)73-70(63)67/h1-2,4-15,17-46,67,70H,3,16H2. The molecule has 0 saturated heterocycles. The van der Waals surface area contributed by atoms with Crippen LogP contribution in [0.1, 0.15) is 30.0 Å². The van der Waals surface area contributed by atoms with Crippen LogP contribution < -0.4 is 9.64 Å². The molecule has 0 amide bonds. The highest BCUT2D eigenvalue weighted by molar-refractivity contribution is 6.15. The van der Waals surface area contributed by atoms with E-state index in [1.54, 1.807) is 0 Å². The highest BCUT2D eigenvalue weighted by Crippen LogP contribution is 2.48. The minimum absolute atomic E-state index is 0.0103. The second-order valence-electron chi connectivity index (χ2n) is 19.4. The van der Waals surface area contributed by atoms with Crippen LogP contribution in [0.15, 0.2) is 267 Å². The van der Waals surface area contributed by atoms with E-state index in [1.165, 1.54) is 88.2 Å². The van der Waals surface area contributed by atoms with Crippen molar-refractivity contribution < 1.29 is 4.74 Å². The van der Waals surface area contributed by atoms with Crippen molar-refractivity contribution >= 4 is 60.8 Å². The Bertz CT molecular complexity index is 4050. The van der Waals surface area contributed by atoms with E-state index in [-0.39, 0.29) is 12.1 Å². The normalized spacial score (nSPS) is 15.7. The van der Waals surface area contributed by atoms with E-state index in [0.717, 1.165) is 46.8 Å². The second-order valence-corrected chi connectivity index (χ2v) is 19.4. The zero-order chi connectivity index (χ0) is 48.2. The van der Waals surface area contributed by atoms with Gasteiger partial charge >= 0.3 is 0 Å². The van der Waals surface area contributed by atoms with Gasteiger partial charge in [-0.3, -0.25) is 0 Å². The van der Waals surface area contributed by atoms with Crippen LogP contribution in [0.3, 0.4) is 0 Å². The van der Waals surface area contributed by atoms with Crippen molar-refractivity contribution in [1.82, 2.24) is 4.57 Å². The molecular weight excluding hydrogens is 885 g/mol. The number of allylic oxidation sites excluding steroid dienone is 6. The maximum Gasteiger partial charge on any atom is 0.149 e. The van der Waals surface area contributed by atoms with Crippen LogP contribution in [0, 0.1) is 0 Å². The number of rotatable bonds is 9. The number of hydrogen-bond acceptors (Lipinski definition) is 2. The molecule has 73 heavy (non-hydrogen) atoms. The minimum atomic E-state index is -0.109.